The van der Waals surface area contributed by atoms with Gasteiger partial charge in [-0.1, -0.05) is 29.8 Å². The van der Waals surface area contributed by atoms with E-state index < -0.39 is 6.09 Å². The molecule has 0 aliphatic rings. The van der Waals surface area contributed by atoms with Gasteiger partial charge in [0.2, 0.25) is 0 Å². The van der Waals surface area contributed by atoms with Gasteiger partial charge in [0, 0.05) is 18.8 Å². The van der Waals surface area contributed by atoms with Crippen LogP contribution >= 0.6 is 23.4 Å². The molecule has 0 saturated heterocycles. The van der Waals surface area contributed by atoms with Crippen molar-refractivity contribution in [1.82, 2.24) is 19.7 Å². The highest BCUT2D eigenvalue weighted by Gasteiger charge is 2.24. The van der Waals surface area contributed by atoms with E-state index in [0.29, 0.717) is 10.7 Å². The fraction of sp³-hybridized carbons (Fsp3) is 0.318. The smallest absolute Gasteiger partial charge is 0.410 e. The maximum absolute atomic E-state index is 12.3. The molecule has 0 bridgehead atoms. The second kappa shape index (κ2) is 9.10. The largest absolute Gasteiger partial charge is 0.443 e. The SMILES string of the molecule is Cc1ccc(Sc2cc(COC(=O)N(C)C(C)(C)C)nn2-c2ccccc2Cl)nc1. The van der Waals surface area contributed by atoms with Crippen LogP contribution in [0.1, 0.15) is 32.0 Å². The number of rotatable bonds is 5. The Balaban J connectivity index is 1.87. The number of halogens is 1. The highest BCUT2D eigenvalue weighted by Crippen LogP contribution is 2.31. The Morgan fingerprint density at radius 3 is 2.60 bits per heavy atom. The second-order valence-electron chi connectivity index (χ2n) is 7.90. The first kappa shape index (κ1) is 22.2. The lowest BCUT2D eigenvalue weighted by atomic mass is 10.1. The van der Waals surface area contributed by atoms with E-state index in [1.54, 1.807) is 16.6 Å². The van der Waals surface area contributed by atoms with E-state index in [4.69, 9.17) is 16.3 Å². The van der Waals surface area contributed by atoms with Crippen molar-refractivity contribution in [2.75, 3.05) is 7.05 Å². The summed E-state index contributed by atoms with van der Waals surface area (Å²) in [4.78, 5) is 18.4. The molecule has 3 aromatic rings. The molecule has 30 heavy (non-hydrogen) atoms. The number of ether oxygens (including phenoxy) is 1. The molecular formula is C22H25ClN4O2S. The summed E-state index contributed by atoms with van der Waals surface area (Å²) in [5.74, 6) is 0. The third kappa shape index (κ3) is 5.34. The molecule has 2 heterocycles. The van der Waals surface area contributed by atoms with Gasteiger partial charge in [0.15, 0.2) is 0 Å². The highest BCUT2D eigenvalue weighted by atomic mass is 35.5. The summed E-state index contributed by atoms with van der Waals surface area (Å²) in [6.45, 7) is 7.90. The van der Waals surface area contributed by atoms with E-state index in [1.807, 2.05) is 76.4 Å². The van der Waals surface area contributed by atoms with E-state index in [2.05, 4.69) is 10.1 Å². The van der Waals surface area contributed by atoms with Crippen molar-refractivity contribution in [3.63, 3.8) is 0 Å². The molecule has 1 amide bonds. The molecule has 0 N–H and O–H groups in total. The molecule has 0 aliphatic heterocycles. The maximum atomic E-state index is 12.3. The van der Waals surface area contributed by atoms with Gasteiger partial charge in [-0.15, -0.1) is 0 Å². The number of para-hydroxylation sites is 1. The van der Waals surface area contributed by atoms with Crippen molar-refractivity contribution in [2.45, 2.75) is 49.9 Å². The minimum atomic E-state index is -0.399. The minimum Gasteiger partial charge on any atom is -0.443 e. The van der Waals surface area contributed by atoms with Crippen LogP contribution < -0.4 is 0 Å². The lowest BCUT2D eigenvalue weighted by molar-refractivity contribution is 0.0749. The number of amides is 1. The molecule has 2 aromatic heterocycles. The fourth-order valence-electron chi connectivity index (χ4n) is 2.48. The van der Waals surface area contributed by atoms with Gasteiger partial charge in [0.05, 0.1) is 10.7 Å². The number of hydrogen-bond acceptors (Lipinski definition) is 5. The zero-order valence-corrected chi connectivity index (χ0v) is 19.3. The number of hydrogen-bond donors (Lipinski definition) is 0. The average molecular weight is 445 g/mol. The van der Waals surface area contributed by atoms with Gasteiger partial charge < -0.3 is 9.64 Å². The Hall–Kier alpha value is -2.51. The van der Waals surface area contributed by atoms with Crippen LogP contribution in [0, 0.1) is 6.92 Å². The third-order valence-corrected chi connectivity index (χ3v) is 5.80. The molecule has 0 unspecified atom stereocenters. The molecular weight excluding hydrogens is 420 g/mol. The number of aryl methyl sites for hydroxylation is 1. The predicted molar refractivity (Wildman–Crippen MR) is 119 cm³/mol. The van der Waals surface area contributed by atoms with Gasteiger partial charge in [-0.25, -0.2) is 14.5 Å². The van der Waals surface area contributed by atoms with Crippen LogP contribution in [0.3, 0.4) is 0 Å². The number of carbonyl (C=O) groups excluding carboxylic acids is 1. The molecule has 0 spiro atoms. The van der Waals surface area contributed by atoms with E-state index >= 15 is 0 Å². The van der Waals surface area contributed by atoms with Crippen molar-refractivity contribution >= 4 is 29.5 Å². The van der Waals surface area contributed by atoms with Crippen LogP contribution in [0.4, 0.5) is 4.79 Å². The third-order valence-electron chi connectivity index (χ3n) is 4.52. The molecule has 0 aliphatic carbocycles. The summed E-state index contributed by atoms with van der Waals surface area (Å²) in [6.07, 6.45) is 1.42. The van der Waals surface area contributed by atoms with Gasteiger partial charge in [-0.2, -0.15) is 5.10 Å². The summed E-state index contributed by atoms with van der Waals surface area (Å²) in [5, 5.41) is 6.88. The standard InChI is InChI=1S/C22H25ClN4O2S/c1-15-10-11-19(24-13-15)30-20-12-16(14-29-21(28)26(5)22(2,3)4)25-27(20)18-9-7-6-8-17(18)23/h6-13H,14H2,1-5H3. The zero-order chi connectivity index (χ0) is 21.9. The monoisotopic (exact) mass is 444 g/mol. The van der Waals surface area contributed by atoms with Crippen LogP contribution in [-0.2, 0) is 11.3 Å². The van der Waals surface area contributed by atoms with Crippen molar-refractivity contribution < 1.29 is 9.53 Å². The summed E-state index contributed by atoms with van der Waals surface area (Å²) in [7, 11) is 1.72. The van der Waals surface area contributed by atoms with E-state index in [1.165, 1.54) is 11.8 Å². The normalized spacial score (nSPS) is 11.4. The fourth-order valence-corrected chi connectivity index (χ4v) is 3.57. The van der Waals surface area contributed by atoms with E-state index in [-0.39, 0.29) is 12.1 Å². The highest BCUT2D eigenvalue weighted by molar-refractivity contribution is 7.99. The quantitative estimate of drug-likeness (QED) is 0.501. The van der Waals surface area contributed by atoms with Crippen LogP contribution in [0.15, 0.2) is 58.7 Å². The lowest BCUT2D eigenvalue weighted by Gasteiger charge is -2.30. The Morgan fingerprint density at radius 1 is 1.23 bits per heavy atom. The Labute approximate surface area is 186 Å². The average Bonchev–Trinajstić information content (AvgIpc) is 3.09. The van der Waals surface area contributed by atoms with Crippen molar-refractivity contribution in [1.29, 1.82) is 0 Å². The van der Waals surface area contributed by atoms with Crippen LogP contribution in [0.5, 0.6) is 0 Å². The van der Waals surface area contributed by atoms with Crippen LogP contribution in [0.25, 0.3) is 5.69 Å². The molecule has 0 atom stereocenters. The molecule has 3 rings (SSSR count). The van der Waals surface area contributed by atoms with Crippen molar-refractivity contribution in [3.8, 4) is 5.69 Å². The molecule has 0 fully saturated rings. The minimum absolute atomic E-state index is 0.0611. The topological polar surface area (TPSA) is 60.2 Å². The molecule has 158 valence electrons. The van der Waals surface area contributed by atoms with Gasteiger partial charge in [-0.3, -0.25) is 0 Å². The van der Waals surface area contributed by atoms with Crippen LogP contribution in [0.2, 0.25) is 5.02 Å². The van der Waals surface area contributed by atoms with E-state index in [0.717, 1.165) is 21.3 Å². The van der Waals surface area contributed by atoms with Crippen molar-refractivity contribution in [2.24, 2.45) is 0 Å². The summed E-state index contributed by atoms with van der Waals surface area (Å²) in [6, 6.07) is 13.3. The second-order valence-corrected chi connectivity index (χ2v) is 9.35. The summed E-state index contributed by atoms with van der Waals surface area (Å²) in [5.41, 5.74) is 2.14. The van der Waals surface area contributed by atoms with Gasteiger partial charge >= 0.3 is 6.09 Å². The number of carbonyl (C=O) groups is 1. The predicted octanol–water partition coefficient (Wildman–Crippen LogP) is 5.75. The first-order chi connectivity index (χ1) is 14.1. The Bertz CT molecular complexity index is 1030. The van der Waals surface area contributed by atoms with Gasteiger partial charge in [-0.05, 0) is 69.3 Å². The zero-order valence-electron chi connectivity index (χ0n) is 17.7. The lowest BCUT2D eigenvalue weighted by Crippen LogP contribution is -2.42. The number of aromatic nitrogens is 3. The molecule has 0 saturated carbocycles. The van der Waals surface area contributed by atoms with E-state index in [9.17, 15) is 4.79 Å². The number of nitrogens with zero attached hydrogens (tertiary/aromatic N) is 4. The Morgan fingerprint density at radius 2 is 1.97 bits per heavy atom. The van der Waals surface area contributed by atoms with Gasteiger partial charge in [0.25, 0.3) is 0 Å². The van der Waals surface area contributed by atoms with Crippen molar-refractivity contribution in [3.05, 3.63) is 64.9 Å². The molecule has 6 nitrogen and oxygen atoms in total. The van der Waals surface area contributed by atoms with Crippen LogP contribution in [-0.4, -0.2) is 38.3 Å². The summed E-state index contributed by atoms with van der Waals surface area (Å²) < 4.78 is 7.23. The first-order valence-corrected chi connectivity index (χ1v) is 10.7. The molecule has 1 aromatic carbocycles. The number of pyridine rings is 1. The molecule has 0 radical (unpaired) electrons. The number of benzene rings is 1. The molecule has 8 heteroatoms. The first-order valence-electron chi connectivity index (χ1n) is 9.50. The van der Waals surface area contributed by atoms with Gasteiger partial charge in [0.1, 0.15) is 22.4 Å². The Kier molecular flexibility index (Phi) is 6.73. The maximum Gasteiger partial charge on any atom is 0.410 e. The summed E-state index contributed by atoms with van der Waals surface area (Å²) >= 11 is 7.88.